The molecule has 1 fully saturated rings. The van der Waals surface area contributed by atoms with Crippen molar-refractivity contribution in [3.63, 3.8) is 0 Å². The summed E-state index contributed by atoms with van der Waals surface area (Å²) < 4.78 is 0. The molecule has 0 aromatic carbocycles. The van der Waals surface area contributed by atoms with Gasteiger partial charge in [-0.1, -0.05) is 42.4 Å². The minimum Gasteiger partial charge on any atom is -0.0840 e. The fraction of sp³-hybridized carbons (Fsp3) is 0.429. The first-order valence-corrected chi connectivity index (χ1v) is 9.52. The summed E-state index contributed by atoms with van der Waals surface area (Å²) in [6.45, 7) is 4.53. The first-order chi connectivity index (χ1) is 7.76. The summed E-state index contributed by atoms with van der Waals surface area (Å²) in [5.74, 6) is 1.42. The van der Waals surface area contributed by atoms with Crippen LogP contribution in [0.5, 0.6) is 0 Å². The van der Waals surface area contributed by atoms with Crippen LogP contribution < -0.4 is 0 Å². The lowest BCUT2D eigenvalue weighted by molar-refractivity contribution is 0.719. The maximum absolute atomic E-state index is 6.23. The molecule has 0 amide bonds. The van der Waals surface area contributed by atoms with Gasteiger partial charge in [0.05, 0.1) is 0 Å². The smallest absolute Gasteiger partial charge is 0.0456 e. The van der Waals surface area contributed by atoms with Crippen LogP contribution >= 0.6 is 11.6 Å². The monoisotopic (exact) mass is 248 g/mol. The topological polar surface area (TPSA) is 0 Å². The Labute approximate surface area is 105 Å². The van der Waals surface area contributed by atoms with Crippen LogP contribution in [0, 0.1) is 11.8 Å². The Kier molecular flexibility index (Phi) is 2.48. The number of hydrogen-bond acceptors (Lipinski definition) is 0. The van der Waals surface area contributed by atoms with E-state index in [0.29, 0.717) is 15.4 Å². The molecule has 0 aromatic rings. The van der Waals surface area contributed by atoms with Crippen molar-refractivity contribution in [3.8, 4) is 0 Å². The van der Waals surface area contributed by atoms with Gasteiger partial charge in [-0.15, -0.1) is 0 Å². The van der Waals surface area contributed by atoms with Crippen LogP contribution in [0.1, 0.15) is 12.8 Å². The van der Waals surface area contributed by atoms with Crippen LogP contribution in [0.15, 0.2) is 45.6 Å². The van der Waals surface area contributed by atoms with E-state index >= 15 is 0 Å². The number of rotatable bonds is 0. The fourth-order valence-electron chi connectivity index (χ4n) is 3.25. The fourth-order valence-corrected chi connectivity index (χ4v) is 3.60. The lowest BCUT2D eigenvalue weighted by Gasteiger charge is -2.14. The Bertz CT molecular complexity index is 465. The molecule has 0 nitrogen and oxygen atoms in total. The molecule has 0 saturated heterocycles. The van der Waals surface area contributed by atoms with E-state index in [-0.39, 0.29) is 0 Å². The Morgan fingerprint density at radius 3 is 2.75 bits per heavy atom. The first kappa shape index (κ1) is 10.6. The van der Waals surface area contributed by atoms with E-state index in [2.05, 4.69) is 31.3 Å². The predicted molar refractivity (Wildman–Crippen MR) is 73.6 cm³/mol. The molecular weight excluding hydrogens is 232 g/mol. The van der Waals surface area contributed by atoms with E-state index in [1.54, 1.807) is 5.57 Å². The van der Waals surface area contributed by atoms with Crippen molar-refractivity contribution in [2.24, 2.45) is 11.8 Å². The Morgan fingerprint density at radius 2 is 2.00 bits per heavy atom. The number of hydrogen-bond donors (Lipinski definition) is 0. The molecule has 0 radical (unpaired) electrons. The first-order valence-electron chi connectivity index (χ1n) is 6.31. The Morgan fingerprint density at radius 1 is 1.25 bits per heavy atom. The molecule has 0 aromatic heterocycles. The van der Waals surface area contributed by atoms with E-state index in [1.807, 2.05) is 0 Å². The van der Waals surface area contributed by atoms with Gasteiger partial charge in [0.2, 0.25) is 0 Å². The van der Waals surface area contributed by atoms with Crippen LogP contribution in [-0.2, 0) is 0 Å². The summed E-state index contributed by atoms with van der Waals surface area (Å²) in [4.78, 5) is 0. The van der Waals surface area contributed by atoms with Gasteiger partial charge in [-0.2, -0.15) is 0 Å². The quantitative estimate of drug-likeness (QED) is 0.575. The van der Waals surface area contributed by atoms with Gasteiger partial charge < -0.3 is 0 Å². The third kappa shape index (κ3) is 1.28. The Balaban J connectivity index is 0.000000247. The van der Waals surface area contributed by atoms with Crippen molar-refractivity contribution < 1.29 is 0 Å². The lowest BCUT2D eigenvalue weighted by Crippen LogP contribution is -2.01. The van der Waals surface area contributed by atoms with Crippen molar-refractivity contribution in [1.82, 2.24) is 0 Å². The van der Waals surface area contributed by atoms with Gasteiger partial charge in [-0.25, -0.2) is 0 Å². The van der Waals surface area contributed by atoms with Gasteiger partial charge in [-0.05, 0) is 41.6 Å². The molecular formula is C14H17ClSi. The second kappa shape index (κ2) is 3.75. The van der Waals surface area contributed by atoms with E-state index in [4.69, 9.17) is 11.6 Å². The normalized spacial score (nSPS) is 32.1. The lowest BCUT2D eigenvalue weighted by atomic mass is 9.91. The molecule has 2 atom stereocenters. The van der Waals surface area contributed by atoms with Gasteiger partial charge in [0.15, 0.2) is 0 Å². The average molecular weight is 249 g/mol. The molecule has 4 aliphatic rings. The van der Waals surface area contributed by atoms with E-state index in [1.165, 1.54) is 29.6 Å². The summed E-state index contributed by atoms with van der Waals surface area (Å²) in [6.07, 6.45) is 9.58. The van der Waals surface area contributed by atoms with Crippen LogP contribution in [0.25, 0.3) is 0 Å². The zero-order valence-electron chi connectivity index (χ0n) is 9.89. The molecule has 1 saturated carbocycles. The molecule has 16 heavy (non-hydrogen) atoms. The highest BCUT2D eigenvalue weighted by molar-refractivity contribution is 6.33. The van der Waals surface area contributed by atoms with E-state index in [0.717, 1.165) is 11.0 Å². The van der Waals surface area contributed by atoms with Gasteiger partial charge in [0.25, 0.3) is 0 Å². The largest absolute Gasteiger partial charge is 0.0840 e. The van der Waals surface area contributed by atoms with Gasteiger partial charge in [-0.3, -0.25) is 0 Å². The van der Waals surface area contributed by atoms with Gasteiger partial charge in [0, 0.05) is 20.5 Å². The second-order valence-electron chi connectivity index (χ2n) is 5.03. The molecule has 4 rings (SSSR count). The van der Waals surface area contributed by atoms with Crippen molar-refractivity contribution in [3.05, 3.63) is 45.6 Å². The molecule has 2 heteroatoms. The maximum Gasteiger partial charge on any atom is 0.0456 e. The molecule has 0 spiro atoms. The van der Waals surface area contributed by atoms with E-state index in [9.17, 15) is 0 Å². The summed E-state index contributed by atoms with van der Waals surface area (Å²) in [7, 11) is 0.417. The summed E-state index contributed by atoms with van der Waals surface area (Å²) in [5, 5.41) is 0.998. The standard InChI is InChI=1S/C12H9Cl.C2H8Si/c13-11-4-7-3-6-1-2-8-9(6)5-10(7)12(8)11;1-3-2/h3-6,8H,1-2H2;3H2,1-2H3. The van der Waals surface area contributed by atoms with Crippen molar-refractivity contribution >= 4 is 21.1 Å². The average Bonchev–Trinajstić information content (AvgIpc) is 2.81. The highest BCUT2D eigenvalue weighted by atomic mass is 35.5. The highest BCUT2D eigenvalue weighted by Crippen LogP contribution is 2.57. The molecule has 0 heterocycles. The zero-order chi connectivity index (χ0) is 11.3. The third-order valence-corrected chi connectivity index (χ3v) is 4.09. The van der Waals surface area contributed by atoms with Crippen LogP contribution in [0.3, 0.4) is 0 Å². The van der Waals surface area contributed by atoms with Crippen LogP contribution in [0.2, 0.25) is 13.1 Å². The molecule has 0 aliphatic heterocycles. The number of fused-ring (bicyclic) bond motifs is 1. The minimum absolute atomic E-state index is 0.417. The summed E-state index contributed by atoms with van der Waals surface area (Å²) >= 11 is 6.23. The van der Waals surface area contributed by atoms with Crippen LogP contribution in [-0.4, -0.2) is 9.52 Å². The van der Waals surface area contributed by atoms with Crippen molar-refractivity contribution in [1.29, 1.82) is 0 Å². The molecule has 2 bridgehead atoms. The van der Waals surface area contributed by atoms with Gasteiger partial charge >= 0.3 is 0 Å². The maximum atomic E-state index is 6.23. The van der Waals surface area contributed by atoms with Crippen molar-refractivity contribution in [2.45, 2.75) is 25.9 Å². The minimum atomic E-state index is 0.417. The van der Waals surface area contributed by atoms with Gasteiger partial charge in [0.1, 0.15) is 0 Å². The third-order valence-electron chi connectivity index (χ3n) is 3.78. The van der Waals surface area contributed by atoms with E-state index < -0.39 is 0 Å². The number of allylic oxidation sites excluding steroid dienone is 8. The molecule has 84 valence electrons. The van der Waals surface area contributed by atoms with Crippen LogP contribution in [0.4, 0.5) is 0 Å². The molecule has 0 N–H and O–H groups in total. The zero-order valence-corrected chi connectivity index (χ0v) is 12.1. The number of halogens is 1. The molecule has 2 unspecified atom stereocenters. The predicted octanol–water partition coefficient (Wildman–Crippen LogP) is 3.58. The summed E-state index contributed by atoms with van der Waals surface area (Å²) in [6, 6.07) is 0. The second-order valence-corrected chi connectivity index (χ2v) is 6.85. The SMILES string of the molecule is C[SiH2]C.ClC1=CC2=CC3CCC4C3=CC2=C14. The van der Waals surface area contributed by atoms with Crippen molar-refractivity contribution in [2.75, 3.05) is 0 Å². The summed E-state index contributed by atoms with van der Waals surface area (Å²) in [5.41, 5.74) is 5.89. The highest BCUT2D eigenvalue weighted by Gasteiger charge is 2.43. The molecule has 4 aliphatic carbocycles. The Hall–Kier alpha value is -0.533.